The Hall–Kier alpha value is -2.02. The lowest BCUT2D eigenvalue weighted by Gasteiger charge is -2.17. The molecule has 0 atom stereocenters. The lowest BCUT2D eigenvalue weighted by molar-refractivity contribution is 0.317. The van der Waals surface area contributed by atoms with E-state index in [1.807, 2.05) is 24.3 Å². The zero-order valence-corrected chi connectivity index (χ0v) is 8.81. The van der Waals surface area contributed by atoms with Gasteiger partial charge >= 0.3 is 0 Å². The number of aryl methyl sites for hydroxylation is 1. The van der Waals surface area contributed by atoms with Gasteiger partial charge in [-0.15, -0.1) is 0 Å². The monoisotopic (exact) mass is 216 g/mol. The van der Waals surface area contributed by atoms with Crippen LogP contribution in [0.25, 0.3) is 0 Å². The largest absolute Gasteiger partial charge is 0.479 e. The summed E-state index contributed by atoms with van der Waals surface area (Å²) in [6, 6.07) is 7.56. The summed E-state index contributed by atoms with van der Waals surface area (Å²) in [5.41, 5.74) is 2.80. The van der Waals surface area contributed by atoms with Crippen LogP contribution in [0.4, 0.5) is 0 Å². The number of benzene rings is 1. The lowest BCUT2D eigenvalue weighted by Crippen LogP contribution is -2.12. The minimum atomic E-state index is 0.0321. The first-order valence-corrected chi connectivity index (χ1v) is 5.19. The fraction of sp³-hybridized carbons (Fsp3) is 0.333. The Balaban J connectivity index is 2.32. The molecule has 0 spiro atoms. The van der Waals surface area contributed by atoms with E-state index < -0.39 is 0 Å². The fourth-order valence-corrected chi connectivity index (χ4v) is 1.93. The van der Waals surface area contributed by atoms with E-state index in [1.165, 1.54) is 5.56 Å². The van der Waals surface area contributed by atoms with Crippen molar-refractivity contribution in [1.29, 1.82) is 5.26 Å². The number of hydrogen-bond donors (Lipinski definition) is 1. The van der Waals surface area contributed by atoms with E-state index in [0.717, 1.165) is 24.8 Å². The van der Waals surface area contributed by atoms with Crippen molar-refractivity contribution >= 4 is 5.71 Å². The van der Waals surface area contributed by atoms with Gasteiger partial charge in [0.1, 0.15) is 11.8 Å². The highest BCUT2D eigenvalue weighted by Gasteiger charge is 2.16. The van der Waals surface area contributed by atoms with Crippen LogP contribution in [0.5, 0.6) is 5.75 Å². The summed E-state index contributed by atoms with van der Waals surface area (Å²) >= 11 is 0. The Morgan fingerprint density at radius 1 is 1.44 bits per heavy atom. The molecule has 0 radical (unpaired) electrons. The molecule has 82 valence electrons. The van der Waals surface area contributed by atoms with Crippen molar-refractivity contribution in [3.63, 3.8) is 0 Å². The van der Waals surface area contributed by atoms with Crippen molar-refractivity contribution in [3.8, 4) is 11.8 Å². The normalized spacial score (nSPS) is 16.6. The minimum absolute atomic E-state index is 0.0321. The van der Waals surface area contributed by atoms with Crippen LogP contribution in [0.3, 0.4) is 0 Å². The molecule has 1 aromatic carbocycles. The van der Waals surface area contributed by atoms with Gasteiger partial charge in [0, 0.05) is 5.56 Å². The Morgan fingerprint density at radius 2 is 2.31 bits per heavy atom. The molecule has 4 heteroatoms. The predicted molar refractivity (Wildman–Crippen MR) is 58.8 cm³/mol. The molecule has 1 aliphatic rings. The molecule has 0 amide bonds. The number of nitriles is 1. The van der Waals surface area contributed by atoms with Crippen molar-refractivity contribution < 1.29 is 9.94 Å². The van der Waals surface area contributed by atoms with Crippen LogP contribution in [-0.4, -0.2) is 17.5 Å². The quantitative estimate of drug-likeness (QED) is 0.608. The summed E-state index contributed by atoms with van der Waals surface area (Å²) < 4.78 is 5.22. The van der Waals surface area contributed by atoms with Gasteiger partial charge in [-0.3, -0.25) is 0 Å². The second-order valence-electron chi connectivity index (χ2n) is 3.67. The first-order chi connectivity index (χ1) is 7.85. The van der Waals surface area contributed by atoms with Crippen LogP contribution in [0.2, 0.25) is 0 Å². The predicted octanol–water partition coefficient (Wildman–Crippen LogP) is 2.10. The Morgan fingerprint density at radius 3 is 3.06 bits per heavy atom. The van der Waals surface area contributed by atoms with Gasteiger partial charge in [-0.25, -0.2) is 0 Å². The molecule has 0 unspecified atom stereocenters. The average molecular weight is 216 g/mol. The number of hydrogen-bond acceptors (Lipinski definition) is 4. The molecule has 1 N–H and O–H groups in total. The van der Waals surface area contributed by atoms with Gasteiger partial charge in [-0.2, -0.15) is 5.26 Å². The Labute approximate surface area is 93.8 Å². The summed E-state index contributed by atoms with van der Waals surface area (Å²) in [6.45, 7) is 0.0321. The van der Waals surface area contributed by atoms with Crippen molar-refractivity contribution in [2.24, 2.45) is 5.16 Å². The molecule has 0 saturated carbocycles. The second-order valence-corrected chi connectivity index (χ2v) is 3.67. The number of rotatable bonds is 2. The Kier molecular flexibility index (Phi) is 3.06. The van der Waals surface area contributed by atoms with Gasteiger partial charge in [-0.05, 0) is 37.0 Å². The molecule has 2 rings (SSSR count). The third-order valence-electron chi connectivity index (χ3n) is 2.68. The van der Waals surface area contributed by atoms with Gasteiger partial charge in [0.15, 0.2) is 6.61 Å². The van der Waals surface area contributed by atoms with E-state index >= 15 is 0 Å². The van der Waals surface area contributed by atoms with Gasteiger partial charge in [0.05, 0.1) is 5.71 Å². The van der Waals surface area contributed by atoms with Crippen LogP contribution >= 0.6 is 0 Å². The van der Waals surface area contributed by atoms with Crippen molar-refractivity contribution in [3.05, 3.63) is 29.3 Å². The van der Waals surface area contributed by atoms with E-state index in [-0.39, 0.29) is 6.61 Å². The minimum Gasteiger partial charge on any atom is -0.479 e. The average Bonchev–Trinajstić information content (AvgIpc) is 2.35. The molecular weight excluding hydrogens is 204 g/mol. The van der Waals surface area contributed by atoms with E-state index in [0.29, 0.717) is 11.5 Å². The maximum atomic E-state index is 8.90. The maximum Gasteiger partial charge on any atom is 0.174 e. The third-order valence-corrected chi connectivity index (χ3v) is 2.68. The molecule has 0 saturated heterocycles. The molecule has 0 fully saturated rings. The van der Waals surface area contributed by atoms with Gasteiger partial charge in [-0.1, -0.05) is 11.2 Å². The number of oxime groups is 1. The first kappa shape index (κ1) is 10.5. The van der Waals surface area contributed by atoms with E-state index in [1.54, 1.807) is 0 Å². The second kappa shape index (κ2) is 4.67. The molecule has 0 bridgehead atoms. The Bertz CT molecular complexity index is 461. The van der Waals surface area contributed by atoms with Gasteiger partial charge in [0.2, 0.25) is 0 Å². The summed E-state index contributed by atoms with van der Waals surface area (Å²) in [6.07, 6.45) is 2.78. The molecule has 1 aliphatic carbocycles. The maximum absolute atomic E-state index is 8.90. The molecule has 4 nitrogen and oxygen atoms in total. The fourth-order valence-electron chi connectivity index (χ4n) is 1.93. The number of fused-ring (bicyclic) bond motifs is 1. The van der Waals surface area contributed by atoms with Crippen LogP contribution < -0.4 is 4.74 Å². The zero-order valence-electron chi connectivity index (χ0n) is 8.81. The summed E-state index contributed by atoms with van der Waals surface area (Å²) in [5, 5.41) is 20.6. The van der Waals surface area contributed by atoms with Gasteiger partial charge in [0.25, 0.3) is 0 Å². The topological polar surface area (TPSA) is 65.6 Å². The molecule has 1 aromatic rings. The zero-order chi connectivity index (χ0) is 11.4. The smallest absolute Gasteiger partial charge is 0.174 e. The first-order valence-electron chi connectivity index (χ1n) is 5.19. The summed E-state index contributed by atoms with van der Waals surface area (Å²) in [7, 11) is 0. The third kappa shape index (κ3) is 1.98. The van der Waals surface area contributed by atoms with Gasteiger partial charge < -0.3 is 9.94 Å². The molecule has 0 aliphatic heterocycles. The van der Waals surface area contributed by atoms with Crippen LogP contribution in [0, 0.1) is 11.3 Å². The van der Waals surface area contributed by atoms with Crippen molar-refractivity contribution in [1.82, 2.24) is 0 Å². The summed E-state index contributed by atoms with van der Waals surface area (Å²) in [4.78, 5) is 0. The number of ether oxygens (including phenoxy) is 1. The lowest BCUT2D eigenvalue weighted by atomic mass is 9.90. The molecule has 16 heavy (non-hydrogen) atoms. The SMILES string of the molecule is N#CCOc1ccc2c(c1)/C(=N\O)CCC2. The van der Waals surface area contributed by atoms with Crippen LogP contribution in [-0.2, 0) is 6.42 Å². The highest BCUT2D eigenvalue weighted by atomic mass is 16.5. The van der Waals surface area contributed by atoms with E-state index in [9.17, 15) is 0 Å². The van der Waals surface area contributed by atoms with Crippen LogP contribution in [0.15, 0.2) is 23.4 Å². The van der Waals surface area contributed by atoms with Crippen LogP contribution in [0.1, 0.15) is 24.0 Å². The number of nitrogens with zero attached hydrogens (tertiary/aromatic N) is 2. The molecule has 0 heterocycles. The molecule has 0 aromatic heterocycles. The summed E-state index contributed by atoms with van der Waals surface area (Å²) in [5.74, 6) is 0.642. The standard InChI is InChI=1S/C12H12N2O2/c13-6-7-16-10-5-4-9-2-1-3-12(14-15)11(9)8-10/h4-5,8,15H,1-3,7H2/b14-12-. The van der Waals surface area contributed by atoms with Crippen molar-refractivity contribution in [2.75, 3.05) is 6.61 Å². The van der Waals surface area contributed by atoms with E-state index in [4.69, 9.17) is 15.2 Å². The van der Waals surface area contributed by atoms with E-state index in [2.05, 4.69) is 5.16 Å². The highest BCUT2D eigenvalue weighted by Crippen LogP contribution is 2.25. The molecular formula is C12H12N2O2. The van der Waals surface area contributed by atoms with Crippen molar-refractivity contribution in [2.45, 2.75) is 19.3 Å². The highest BCUT2D eigenvalue weighted by molar-refractivity contribution is 6.02.